The van der Waals surface area contributed by atoms with E-state index in [4.69, 9.17) is 0 Å². The molecule has 0 saturated heterocycles. The summed E-state index contributed by atoms with van der Waals surface area (Å²) in [6.45, 7) is 0.739. The quantitative estimate of drug-likeness (QED) is 0.565. The van der Waals surface area contributed by atoms with Crippen molar-refractivity contribution < 1.29 is 4.79 Å². The monoisotopic (exact) mass is 343 g/mol. The zero-order chi connectivity index (χ0) is 18.4. The van der Waals surface area contributed by atoms with Crippen molar-refractivity contribution in [2.75, 3.05) is 20.6 Å². The molecule has 2 nitrogen and oxygen atoms in total. The summed E-state index contributed by atoms with van der Waals surface area (Å²) >= 11 is 0. The summed E-state index contributed by atoms with van der Waals surface area (Å²) in [7, 11) is 4.04. The van der Waals surface area contributed by atoms with E-state index in [1.165, 1.54) is 5.56 Å². The van der Waals surface area contributed by atoms with Crippen LogP contribution in [0.5, 0.6) is 0 Å². The number of benzene rings is 3. The van der Waals surface area contributed by atoms with Crippen molar-refractivity contribution in [3.05, 3.63) is 96.1 Å². The van der Waals surface area contributed by atoms with E-state index in [-0.39, 0.29) is 11.7 Å². The van der Waals surface area contributed by atoms with Crippen LogP contribution in [0.2, 0.25) is 0 Å². The lowest BCUT2D eigenvalue weighted by Crippen LogP contribution is -2.29. The Bertz CT molecular complexity index is 840. The van der Waals surface area contributed by atoms with E-state index in [9.17, 15) is 4.79 Å². The molecule has 0 radical (unpaired) electrons. The van der Waals surface area contributed by atoms with Crippen molar-refractivity contribution in [1.82, 2.24) is 4.90 Å². The number of Topliss-reactive ketones (excluding diaryl/α,β-unsaturated/α-hetero) is 1. The SMILES string of the molecule is CN(C)C[C@H](Cc1ccccc1)C(=O)c1cccc(-c2ccccc2)c1. The second-order valence-electron chi connectivity index (χ2n) is 6.96. The van der Waals surface area contributed by atoms with E-state index < -0.39 is 0 Å². The van der Waals surface area contributed by atoms with Crippen molar-refractivity contribution in [2.45, 2.75) is 6.42 Å². The van der Waals surface area contributed by atoms with Gasteiger partial charge < -0.3 is 4.90 Å². The standard InChI is InChI=1S/C24H25NO/c1-25(2)18-23(16-19-10-5-3-6-11-19)24(26)22-15-9-14-21(17-22)20-12-7-4-8-13-20/h3-15,17,23H,16,18H2,1-2H3/t23-/m0/s1. The van der Waals surface area contributed by atoms with Gasteiger partial charge in [0.15, 0.2) is 5.78 Å². The molecule has 1 atom stereocenters. The molecule has 0 bridgehead atoms. The van der Waals surface area contributed by atoms with Crippen molar-refractivity contribution in [3.8, 4) is 11.1 Å². The number of ketones is 1. The van der Waals surface area contributed by atoms with E-state index in [0.717, 1.165) is 29.7 Å². The Kier molecular flexibility index (Phi) is 5.98. The summed E-state index contributed by atoms with van der Waals surface area (Å²) in [6.07, 6.45) is 0.757. The Balaban J connectivity index is 1.86. The van der Waals surface area contributed by atoms with Crippen LogP contribution in [0.1, 0.15) is 15.9 Å². The van der Waals surface area contributed by atoms with Gasteiger partial charge in [-0.2, -0.15) is 0 Å². The largest absolute Gasteiger partial charge is 0.309 e. The number of carbonyl (C=O) groups excluding carboxylic acids is 1. The first kappa shape index (κ1) is 18.1. The van der Waals surface area contributed by atoms with E-state index in [1.54, 1.807) is 0 Å². The summed E-state index contributed by atoms with van der Waals surface area (Å²) in [4.78, 5) is 15.3. The van der Waals surface area contributed by atoms with Crippen molar-refractivity contribution in [1.29, 1.82) is 0 Å². The highest BCUT2D eigenvalue weighted by Gasteiger charge is 2.21. The maximum atomic E-state index is 13.2. The predicted octanol–water partition coefficient (Wildman–Crippen LogP) is 4.96. The zero-order valence-corrected chi connectivity index (χ0v) is 15.4. The highest BCUT2D eigenvalue weighted by Crippen LogP contribution is 2.23. The van der Waals surface area contributed by atoms with Crippen molar-refractivity contribution in [3.63, 3.8) is 0 Å². The lowest BCUT2D eigenvalue weighted by molar-refractivity contribution is 0.0896. The van der Waals surface area contributed by atoms with Gasteiger partial charge in [0.1, 0.15) is 0 Å². The Labute approximate surface area is 156 Å². The molecule has 3 aromatic rings. The van der Waals surface area contributed by atoms with E-state index in [2.05, 4.69) is 35.2 Å². The van der Waals surface area contributed by atoms with Crippen LogP contribution in [0.25, 0.3) is 11.1 Å². The molecule has 2 heteroatoms. The molecular weight excluding hydrogens is 318 g/mol. The second-order valence-corrected chi connectivity index (χ2v) is 6.96. The topological polar surface area (TPSA) is 20.3 Å². The number of hydrogen-bond donors (Lipinski definition) is 0. The Hall–Kier alpha value is -2.71. The first-order chi connectivity index (χ1) is 12.6. The maximum absolute atomic E-state index is 13.2. The summed E-state index contributed by atoms with van der Waals surface area (Å²) in [5.41, 5.74) is 4.20. The molecule has 0 aliphatic carbocycles. The third-order valence-corrected chi connectivity index (χ3v) is 4.54. The minimum absolute atomic E-state index is 0.0570. The molecule has 26 heavy (non-hydrogen) atoms. The first-order valence-electron chi connectivity index (χ1n) is 9.02. The fraction of sp³-hybridized carbons (Fsp3) is 0.208. The Morgan fingerprint density at radius 1 is 0.808 bits per heavy atom. The van der Waals surface area contributed by atoms with Crippen LogP contribution in [-0.4, -0.2) is 31.3 Å². The molecule has 0 spiro atoms. The molecule has 0 N–H and O–H groups in total. The van der Waals surface area contributed by atoms with Gasteiger partial charge >= 0.3 is 0 Å². The molecular formula is C24H25NO. The van der Waals surface area contributed by atoms with Gasteiger partial charge in [0.05, 0.1) is 0 Å². The van der Waals surface area contributed by atoms with Crippen LogP contribution < -0.4 is 0 Å². The molecule has 0 aliphatic heterocycles. The summed E-state index contributed by atoms with van der Waals surface area (Å²) in [5.74, 6) is 0.152. The van der Waals surface area contributed by atoms with E-state index in [0.29, 0.717) is 0 Å². The lowest BCUT2D eigenvalue weighted by atomic mass is 9.89. The molecule has 0 aromatic heterocycles. The van der Waals surface area contributed by atoms with Gasteiger partial charge in [0.2, 0.25) is 0 Å². The molecule has 0 aliphatic rings. The molecule has 3 aromatic carbocycles. The van der Waals surface area contributed by atoms with E-state index in [1.807, 2.05) is 68.7 Å². The van der Waals surface area contributed by atoms with Crippen molar-refractivity contribution >= 4 is 5.78 Å². The fourth-order valence-electron chi connectivity index (χ4n) is 3.30. The second kappa shape index (κ2) is 8.59. The normalized spacial score (nSPS) is 12.1. The zero-order valence-electron chi connectivity index (χ0n) is 15.4. The van der Waals surface area contributed by atoms with Crippen molar-refractivity contribution in [2.24, 2.45) is 5.92 Å². The van der Waals surface area contributed by atoms with Gasteiger partial charge in [-0.25, -0.2) is 0 Å². The Morgan fingerprint density at radius 3 is 2.08 bits per heavy atom. The summed E-state index contributed by atoms with van der Waals surface area (Å²) < 4.78 is 0. The predicted molar refractivity (Wildman–Crippen MR) is 108 cm³/mol. The van der Waals surface area contributed by atoms with Gasteiger partial charge in [-0.3, -0.25) is 4.79 Å². The van der Waals surface area contributed by atoms with Crippen LogP contribution in [0.3, 0.4) is 0 Å². The molecule has 0 unspecified atom stereocenters. The van der Waals surface area contributed by atoms with Crippen LogP contribution in [0.4, 0.5) is 0 Å². The van der Waals surface area contributed by atoms with Gasteiger partial charge in [-0.15, -0.1) is 0 Å². The Morgan fingerprint density at radius 2 is 1.42 bits per heavy atom. The van der Waals surface area contributed by atoms with Gasteiger partial charge in [0.25, 0.3) is 0 Å². The first-order valence-corrected chi connectivity index (χ1v) is 9.02. The van der Waals surface area contributed by atoms with Crippen LogP contribution in [0, 0.1) is 5.92 Å². The molecule has 0 amide bonds. The molecule has 0 fully saturated rings. The summed E-state index contributed by atoms with van der Waals surface area (Å²) in [6, 6.07) is 28.4. The van der Waals surface area contributed by atoms with Gasteiger partial charge in [0, 0.05) is 18.0 Å². The van der Waals surface area contributed by atoms with Crippen LogP contribution in [-0.2, 0) is 6.42 Å². The van der Waals surface area contributed by atoms with Gasteiger partial charge in [-0.1, -0.05) is 78.9 Å². The van der Waals surface area contributed by atoms with Crippen LogP contribution >= 0.6 is 0 Å². The van der Waals surface area contributed by atoms with Gasteiger partial charge in [-0.05, 0) is 43.3 Å². The fourth-order valence-corrected chi connectivity index (χ4v) is 3.30. The number of hydrogen-bond acceptors (Lipinski definition) is 2. The number of carbonyl (C=O) groups is 1. The lowest BCUT2D eigenvalue weighted by Gasteiger charge is -2.20. The highest BCUT2D eigenvalue weighted by atomic mass is 16.1. The smallest absolute Gasteiger partial charge is 0.167 e. The molecule has 0 saturated carbocycles. The van der Waals surface area contributed by atoms with Crippen LogP contribution in [0.15, 0.2) is 84.9 Å². The minimum Gasteiger partial charge on any atom is -0.309 e. The molecule has 3 rings (SSSR count). The molecule has 0 heterocycles. The molecule has 132 valence electrons. The number of rotatable bonds is 7. The highest BCUT2D eigenvalue weighted by molar-refractivity contribution is 5.99. The third kappa shape index (κ3) is 4.68. The third-order valence-electron chi connectivity index (χ3n) is 4.54. The average molecular weight is 343 g/mol. The maximum Gasteiger partial charge on any atom is 0.167 e. The average Bonchev–Trinajstić information content (AvgIpc) is 2.68. The minimum atomic E-state index is -0.0570. The summed E-state index contributed by atoms with van der Waals surface area (Å²) in [5, 5.41) is 0. The number of nitrogens with zero attached hydrogens (tertiary/aromatic N) is 1. The van der Waals surface area contributed by atoms with E-state index >= 15 is 0 Å².